The highest BCUT2D eigenvalue weighted by Gasteiger charge is 2.48. The first-order valence-corrected chi connectivity index (χ1v) is 8.57. The van der Waals surface area contributed by atoms with Crippen molar-refractivity contribution in [2.24, 2.45) is 5.84 Å². The number of benzene rings is 2. The second kappa shape index (κ2) is 6.21. The van der Waals surface area contributed by atoms with Gasteiger partial charge < -0.3 is 5.32 Å². The number of fused-ring (bicyclic) bond motifs is 1. The number of nitrogens with one attached hydrogen (secondary N) is 1. The Morgan fingerprint density at radius 2 is 2.00 bits per heavy atom. The number of anilines is 1. The molecule has 1 saturated heterocycles. The van der Waals surface area contributed by atoms with E-state index in [-0.39, 0.29) is 0 Å². The van der Waals surface area contributed by atoms with Crippen molar-refractivity contribution in [3.8, 4) is 0 Å². The molecule has 0 saturated carbocycles. The van der Waals surface area contributed by atoms with Crippen LogP contribution in [0, 0.1) is 0 Å². The van der Waals surface area contributed by atoms with Crippen LogP contribution in [-0.4, -0.2) is 36.5 Å². The largest absolute Gasteiger partial charge is 0.347 e. The Hall–Kier alpha value is -1.87. The Morgan fingerprint density at radius 1 is 1.33 bits per heavy atom. The highest BCUT2D eigenvalue weighted by atomic mass is 32.2. The average molecular weight is 362 g/mol. The lowest BCUT2D eigenvalue weighted by Crippen LogP contribution is -2.57. The maximum absolute atomic E-state index is 12.5. The van der Waals surface area contributed by atoms with Gasteiger partial charge in [-0.05, 0) is 25.3 Å². The Morgan fingerprint density at radius 3 is 2.67 bits per heavy atom. The van der Waals surface area contributed by atoms with Crippen LogP contribution in [0.25, 0.3) is 10.8 Å². The molecule has 0 bridgehead atoms. The summed E-state index contributed by atoms with van der Waals surface area (Å²) in [6, 6.07) is 12.6. The number of carbonyl (C=O) groups is 1. The summed E-state index contributed by atoms with van der Waals surface area (Å²) in [6.45, 7) is 3.74. The van der Waals surface area contributed by atoms with E-state index in [9.17, 15) is 10.0 Å². The van der Waals surface area contributed by atoms with Crippen LogP contribution in [0.1, 0.15) is 13.8 Å². The number of hydroxylamine groups is 2. The fraction of sp³-hybridized carbons (Fsp3) is 0.250. The van der Waals surface area contributed by atoms with Crippen molar-refractivity contribution >= 4 is 50.8 Å². The number of urea groups is 1. The zero-order valence-electron chi connectivity index (χ0n) is 13.3. The maximum atomic E-state index is 12.5. The summed E-state index contributed by atoms with van der Waals surface area (Å²) in [5.74, 6) is 5.91. The van der Waals surface area contributed by atoms with Crippen molar-refractivity contribution in [1.29, 1.82) is 0 Å². The number of nitrogens with zero attached hydrogens (tertiary/aromatic N) is 2. The van der Waals surface area contributed by atoms with E-state index in [4.69, 9.17) is 18.1 Å². The number of thioether (sulfide) groups is 1. The molecule has 1 heterocycles. The molecule has 1 fully saturated rings. The molecular weight excluding hydrogens is 344 g/mol. The van der Waals surface area contributed by atoms with Crippen LogP contribution in [-0.2, 0) is 0 Å². The predicted molar refractivity (Wildman–Crippen MR) is 101 cm³/mol. The van der Waals surface area contributed by atoms with Crippen LogP contribution in [0.2, 0.25) is 0 Å². The van der Waals surface area contributed by atoms with Crippen LogP contribution < -0.4 is 11.2 Å². The molecule has 8 heteroatoms. The van der Waals surface area contributed by atoms with Crippen LogP contribution in [0.3, 0.4) is 0 Å². The Balaban J connectivity index is 1.85. The number of rotatable bonds is 2. The third kappa shape index (κ3) is 2.93. The van der Waals surface area contributed by atoms with Crippen molar-refractivity contribution < 1.29 is 10.0 Å². The molecule has 0 radical (unpaired) electrons. The van der Waals surface area contributed by atoms with Gasteiger partial charge in [0.25, 0.3) is 0 Å². The molecule has 0 aliphatic carbocycles. The summed E-state index contributed by atoms with van der Waals surface area (Å²) in [6.07, 6.45) is -0.759. The lowest BCUT2D eigenvalue weighted by molar-refractivity contribution is -0.114. The monoisotopic (exact) mass is 362 g/mol. The first-order chi connectivity index (χ1) is 11.3. The topological polar surface area (TPSA) is 81.8 Å². The Kier molecular flexibility index (Phi) is 4.39. The summed E-state index contributed by atoms with van der Waals surface area (Å²) in [5.41, 5.74) is 0.617. The van der Waals surface area contributed by atoms with Gasteiger partial charge in [-0.3, -0.25) is 10.2 Å². The third-order valence-corrected chi connectivity index (χ3v) is 5.50. The fourth-order valence-electron chi connectivity index (χ4n) is 2.80. The average Bonchev–Trinajstić information content (AvgIpc) is 2.74. The van der Waals surface area contributed by atoms with Gasteiger partial charge in [0.1, 0.15) is 0 Å². The summed E-state index contributed by atoms with van der Waals surface area (Å²) in [7, 11) is 0. The van der Waals surface area contributed by atoms with E-state index in [2.05, 4.69) is 5.32 Å². The van der Waals surface area contributed by atoms with Gasteiger partial charge in [0.2, 0.25) is 0 Å². The summed E-state index contributed by atoms with van der Waals surface area (Å²) in [5, 5.41) is 16.9. The van der Waals surface area contributed by atoms with Gasteiger partial charge in [0.15, 0.2) is 10.5 Å². The van der Waals surface area contributed by atoms with Gasteiger partial charge in [-0.1, -0.05) is 60.4 Å². The van der Waals surface area contributed by atoms with Crippen molar-refractivity contribution in [3.63, 3.8) is 0 Å². The van der Waals surface area contributed by atoms with Gasteiger partial charge in [0, 0.05) is 5.39 Å². The minimum atomic E-state index is -0.759. The molecule has 1 aliphatic heterocycles. The highest BCUT2D eigenvalue weighted by molar-refractivity contribution is 8.24. The van der Waals surface area contributed by atoms with Crippen molar-refractivity contribution in [2.45, 2.75) is 24.8 Å². The predicted octanol–water partition coefficient (Wildman–Crippen LogP) is 3.38. The molecule has 0 aromatic heterocycles. The van der Waals surface area contributed by atoms with Crippen molar-refractivity contribution in [3.05, 3.63) is 42.5 Å². The van der Waals surface area contributed by atoms with Gasteiger partial charge in [-0.15, -0.1) is 0 Å². The lowest BCUT2D eigenvalue weighted by atomic mass is 10.1. The number of hydrogen-bond donors (Lipinski definition) is 3. The Labute approximate surface area is 149 Å². The molecule has 2 aromatic carbocycles. The normalized spacial score (nSPS) is 19.6. The molecule has 4 N–H and O–H groups in total. The first kappa shape index (κ1) is 17.0. The molecule has 2 amide bonds. The second-order valence-corrected chi connectivity index (χ2v) is 8.34. The molecule has 3 rings (SSSR count). The van der Waals surface area contributed by atoms with Gasteiger partial charge >= 0.3 is 6.03 Å². The minimum absolute atomic E-state index is 0.432. The number of amides is 2. The van der Waals surface area contributed by atoms with E-state index in [0.717, 1.165) is 10.8 Å². The molecule has 0 unspecified atom stereocenters. The van der Waals surface area contributed by atoms with Gasteiger partial charge in [-0.2, -0.15) is 5.06 Å². The second-order valence-electron chi connectivity index (χ2n) is 6.05. The standard InChI is InChI=1S/C16H18N4O2S2/c1-16(2)13(19(17)15(23)24-16)20(22)14(21)18-12-9-5-7-10-6-3-4-8-11(10)12/h3-9,13,22H,17H2,1-2H3,(H,18,21)/t13-/m0/s1. The van der Waals surface area contributed by atoms with Gasteiger partial charge in [0.05, 0.1) is 10.4 Å². The quantitative estimate of drug-likeness (QED) is 0.329. The highest BCUT2D eigenvalue weighted by Crippen LogP contribution is 2.40. The number of hydrogen-bond acceptors (Lipinski definition) is 5. The zero-order chi connectivity index (χ0) is 17.5. The first-order valence-electron chi connectivity index (χ1n) is 7.35. The number of hydrazine groups is 1. The SMILES string of the molecule is CC1(C)SC(=S)N(N)[C@H]1N(O)C(=O)Nc1cccc2ccccc12. The lowest BCUT2D eigenvalue weighted by Gasteiger charge is -2.34. The summed E-state index contributed by atoms with van der Waals surface area (Å²) < 4.78 is -0.0987. The van der Waals surface area contributed by atoms with E-state index in [0.29, 0.717) is 15.1 Å². The van der Waals surface area contributed by atoms with E-state index in [1.165, 1.54) is 16.8 Å². The molecule has 126 valence electrons. The molecular formula is C16H18N4O2S2. The van der Waals surface area contributed by atoms with E-state index in [1.807, 2.05) is 50.2 Å². The fourth-order valence-corrected chi connectivity index (χ4v) is 4.51. The van der Waals surface area contributed by atoms with Crippen LogP contribution in [0.4, 0.5) is 10.5 Å². The van der Waals surface area contributed by atoms with Crippen molar-refractivity contribution in [1.82, 2.24) is 10.1 Å². The summed E-state index contributed by atoms with van der Waals surface area (Å²) >= 11 is 6.51. The summed E-state index contributed by atoms with van der Waals surface area (Å²) in [4.78, 5) is 12.5. The molecule has 6 nitrogen and oxygen atoms in total. The molecule has 1 atom stereocenters. The van der Waals surface area contributed by atoms with Crippen LogP contribution in [0.5, 0.6) is 0 Å². The minimum Gasteiger partial charge on any atom is -0.305 e. The third-order valence-electron chi connectivity index (χ3n) is 3.92. The van der Waals surface area contributed by atoms with Crippen LogP contribution >= 0.6 is 24.0 Å². The number of thiocarbonyl (C=S) groups is 1. The van der Waals surface area contributed by atoms with Crippen molar-refractivity contribution in [2.75, 3.05) is 5.32 Å². The number of nitrogens with two attached hydrogens (primary N) is 1. The smallest absolute Gasteiger partial charge is 0.305 e. The zero-order valence-corrected chi connectivity index (χ0v) is 14.9. The van der Waals surface area contributed by atoms with E-state index in [1.54, 1.807) is 6.07 Å². The molecule has 1 aliphatic rings. The van der Waals surface area contributed by atoms with E-state index < -0.39 is 16.9 Å². The Bertz CT molecular complexity index is 806. The number of carbonyl (C=O) groups excluding carboxylic acids is 1. The molecule has 24 heavy (non-hydrogen) atoms. The molecule has 0 spiro atoms. The van der Waals surface area contributed by atoms with Gasteiger partial charge in [-0.25, -0.2) is 10.6 Å². The molecule has 2 aromatic rings. The maximum Gasteiger partial charge on any atom is 0.347 e. The van der Waals surface area contributed by atoms with E-state index >= 15 is 0 Å². The van der Waals surface area contributed by atoms with Crippen LogP contribution in [0.15, 0.2) is 42.5 Å².